The van der Waals surface area contributed by atoms with Crippen molar-refractivity contribution in [1.82, 2.24) is 15.1 Å². The van der Waals surface area contributed by atoms with E-state index in [4.69, 9.17) is 0 Å². The van der Waals surface area contributed by atoms with E-state index in [0.29, 0.717) is 12.5 Å². The molecule has 4 nitrogen and oxygen atoms in total. The molecule has 18 heavy (non-hydrogen) atoms. The molecule has 1 N–H and O–H groups in total. The van der Waals surface area contributed by atoms with Crippen molar-refractivity contribution >= 4 is 5.91 Å². The lowest BCUT2D eigenvalue weighted by molar-refractivity contribution is -0.130. The van der Waals surface area contributed by atoms with Gasteiger partial charge in [-0.3, -0.25) is 9.69 Å². The van der Waals surface area contributed by atoms with E-state index in [9.17, 15) is 4.79 Å². The van der Waals surface area contributed by atoms with Crippen molar-refractivity contribution in [2.45, 2.75) is 51.6 Å². The highest BCUT2D eigenvalue weighted by Gasteiger charge is 2.34. The summed E-state index contributed by atoms with van der Waals surface area (Å²) in [6.07, 6.45) is 4.68. The van der Waals surface area contributed by atoms with Gasteiger partial charge in [0.1, 0.15) is 0 Å². The first-order chi connectivity index (χ1) is 8.74. The van der Waals surface area contributed by atoms with Crippen LogP contribution in [-0.4, -0.2) is 60.5 Å². The van der Waals surface area contributed by atoms with Crippen LogP contribution < -0.4 is 5.32 Å². The third kappa shape index (κ3) is 3.69. The van der Waals surface area contributed by atoms with Gasteiger partial charge in [0.2, 0.25) is 5.91 Å². The molecule has 2 aliphatic rings. The molecular weight excluding hydrogens is 226 g/mol. The third-order valence-electron chi connectivity index (χ3n) is 4.17. The summed E-state index contributed by atoms with van der Waals surface area (Å²) in [6.45, 7) is 9.00. The molecule has 1 atom stereocenters. The van der Waals surface area contributed by atoms with E-state index in [1.54, 1.807) is 0 Å². The van der Waals surface area contributed by atoms with Crippen LogP contribution in [0, 0.1) is 0 Å². The van der Waals surface area contributed by atoms with Gasteiger partial charge in [-0.2, -0.15) is 0 Å². The molecule has 0 aromatic carbocycles. The average molecular weight is 253 g/mol. The number of hydrogen-bond acceptors (Lipinski definition) is 3. The first-order valence-electron chi connectivity index (χ1n) is 7.49. The number of carbonyl (C=O) groups excluding carboxylic acids is 1. The second-order valence-corrected chi connectivity index (χ2v) is 5.48. The van der Waals surface area contributed by atoms with E-state index in [-0.39, 0.29) is 5.91 Å². The molecule has 1 aliphatic carbocycles. The third-order valence-corrected chi connectivity index (χ3v) is 4.17. The van der Waals surface area contributed by atoms with Crippen LogP contribution in [0.5, 0.6) is 0 Å². The second kappa shape index (κ2) is 6.53. The SMILES string of the molecule is CCN(CC)C(=O)CCNC1CCN(C2CC2)C1. The molecule has 0 aromatic rings. The standard InChI is InChI=1S/C14H27N3O/c1-3-16(4-2)14(18)7-9-15-12-8-10-17(11-12)13-5-6-13/h12-13,15H,3-11H2,1-2H3. The van der Waals surface area contributed by atoms with Crippen LogP contribution in [0.3, 0.4) is 0 Å². The molecule has 2 rings (SSSR count). The van der Waals surface area contributed by atoms with Crippen LogP contribution in [0.25, 0.3) is 0 Å². The number of nitrogens with one attached hydrogen (secondary N) is 1. The fourth-order valence-corrected chi connectivity index (χ4v) is 2.84. The zero-order chi connectivity index (χ0) is 13.0. The van der Waals surface area contributed by atoms with Crippen LogP contribution >= 0.6 is 0 Å². The summed E-state index contributed by atoms with van der Waals surface area (Å²) in [5.41, 5.74) is 0. The Labute approximate surface area is 111 Å². The van der Waals surface area contributed by atoms with E-state index >= 15 is 0 Å². The van der Waals surface area contributed by atoms with Crippen molar-refractivity contribution in [3.05, 3.63) is 0 Å². The van der Waals surface area contributed by atoms with Gasteiger partial charge in [-0.1, -0.05) is 0 Å². The molecule has 0 radical (unpaired) electrons. The summed E-state index contributed by atoms with van der Waals surface area (Å²) in [6, 6.07) is 1.49. The van der Waals surface area contributed by atoms with Crippen LogP contribution in [0.4, 0.5) is 0 Å². The molecule has 1 aliphatic heterocycles. The van der Waals surface area contributed by atoms with Crippen LogP contribution in [0.2, 0.25) is 0 Å². The van der Waals surface area contributed by atoms with Crippen molar-refractivity contribution in [1.29, 1.82) is 0 Å². The molecule has 1 amide bonds. The van der Waals surface area contributed by atoms with E-state index in [1.807, 2.05) is 18.7 Å². The fraction of sp³-hybridized carbons (Fsp3) is 0.929. The van der Waals surface area contributed by atoms with Crippen LogP contribution in [0.15, 0.2) is 0 Å². The van der Waals surface area contributed by atoms with Crippen LogP contribution in [-0.2, 0) is 4.79 Å². The van der Waals surface area contributed by atoms with Crippen molar-refractivity contribution in [3.63, 3.8) is 0 Å². The lowest BCUT2D eigenvalue weighted by Gasteiger charge is -2.20. The monoisotopic (exact) mass is 253 g/mol. The molecule has 0 bridgehead atoms. The lowest BCUT2D eigenvalue weighted by atomic mass is 10.2. The van der Waals surface area contributed by atoms with Gasteiger partial charge in [-0.15, -0.1) is 0 Å². The Morgan fingerprint density at radius 3 is 2.61 bits per heavy atom. The predicted octanol–water partition coefficient (Wildman–Crippen LogP) is 1.07. The van der Waals surface area contributed by atoms with Crippen LogP contribution in [0.1, 0.15) is 39.5 Å². The minimum atomic E-state index is 0.282. The highest BCUT2D eigenvalue weighted by molar-refractivity contribution is 5.76. The highest BCUT2D eigenvalue weighted by atomic mass is 16.2. The number of rotatable bonds is 7. The van der Waals surface area contributed by atoms with E-state index in [2.05, 4.69) is 10.2 Å². The first-order valence-corrected chi connectivity index (χ1v) is 7.49. The number of carbonyl (C=O) groups is 1. The molecule has 1 saturated carbocycles. The maximum atomic E-state index is 11.8. The summed E-state index contributed by atoms with van der Waals surface area (Å²) in [7, 11) is 0. The summed E-state index contributed by atoms with van der Waals surface area (Å²) >= 11 is 0. The quantitative estimate of drug-likeness (QED) is 0.737. The molecule has 4 heteroatoms. The Morgan fingerprint density at radius 1 is 1.28 bits per heavy atom. The molecule has 2 fully saturated rings. The van der Waals surface area contributed by atoms with Crippen molar-refractivity contribution in [2.24, 2.45) is 0 Å². The lowest BCUT2D eigenvalue weighted by Crippen LogP contribution is -2.37. The summed E-state index contributed by atoms with van der Waals surface area (Å²) in [5.74, 6) is 0.282. The summed E-state index contributed by atoms with van der Waals surface area (Å²) in [4.78, 5) is 16.3. The Balaban J connectivity index is 1.59. The molecule has 1 saturated heterocycles. The van der Waals surface area contributed by atoms with Crippen molar-refractivity contribution in [3.8, 4) is 0 Å². The fourth-order valence-electron chi connectivity index (χ4n) is 2.84. The van der Waals surface area contributed by atoms with Gasteiger partial charge < -0.3 is 10.2 Å². The number of hydrogen-bond donors (Lipinski definition) is 1. The summed E-state index contributed by atoms with van der Waals surface area (Å²) < 4.78 is 0. The van der Waals surface area contributed by atoms with Gasteiger partial charge in [0.15, 0.2) is 0 Å². The summed E-state index contributed by atoms with van der Waals surface area (Å²) in [5, 5.41) is 3.54. The number of likely N-dealkylation sites (tertiary alicyclic amines) is 1. The Hall–Kier alpha value is -0.610. The highest BCUT2D eigenvalue weighted by Crippen LogP contribution is 2.29. The molecule has 0 spiro atoms. The largest absolute Gasteiger partial charge is 0.343 e. The van der Waals surface area contributed by atoms with Crippen molar-refractivity contribution in [2.75, 3.05) is 32.7 Å². The first kappa shape index (κ1) is 13.8. The molecule has 1 unspecified atom stereocenters. The minimum Gasteiger partial charge on any atom is -0.343 e. The van der Waals surface area contributed by atoms with Gasteiger partial charge >= 0.3 is 0 Å². The Morgan fingerprint density at radius 2 is 2.00 bits per heavy atom. The molecule has 1 heterocycles. The normalized spacial score (nSPS) is 24.4. The molecular formula is C14H27N3O. The van der Waals surface area contributed by atoms with E-state index in [1.165, 1.54) is 32.4 Å². The number of amides is 1. The Kier molecular flexibility index (Phi) is 5.01. The van der Waals surface area contributed by atoms with E-state index < -0.39 is 0 Å². The van der Waals surface area contributed by atoms with Gasteiger partial charge in [0.25, 0.3) is 0 Å². The smallest absolute Gasteiger partial charge is 0.223 e. The predicted molar refractivity (Wildman–Crippen MR) is 73.5 cm³/mol. The molecule has 104 valence electrons. The van der Waals surface area contributed by atoms with E-state index in [0.717, 1.165) is 25.7 Å². The zero-order valence-electron chi connectivity index (χ0n) is 11.8. The average Bonchev–Trinajstić information content (AvgIpc) is 3.11. The van der Waals surface area contributed by atoms with Gasteiger partial charge in [0, 0.05) is 51.2 Å². The maximum absolute atomic E-state index is 11.8. The van der Waals surface area contributed by atoms with Gasteiger partial charge in [0.05, 0.1) is 0 Å². The van der Waals surface area contributed by atoms with Gasteiger partial charge in [-0.05, 0) is 33.1 Å². The molecule has 0 aromatic heterocycles. The topological polar surface area (TPSA) is 35.6 Å². The van der Waals surface area contributed by atoms with Gasteiger partial charge in [-0.25, -0.2) is 0 Å². The second-order valence-electron chi connectivity index (χ2n) is 5.48. The minimum absolute atomic E-state index is 0.282. The maximum Gasteiger partial charge on any atom is 0.223 e. The number of nitrogens with zero attached hydrogens (tertiary/aromatic N) is 2. The Bertz CT molecular complexity index is 274. The van der Waals surface area contributed by atoms with Crippen molar-refractivity contribution < 1.29 is 4.79 Å². The zero-order valence-corrected chi connectivity index (χ0v) is 11.8.